The monoisotopic (exact) mass is 519 g/mol. The number of ether oxygens (including phenoxy) is 1. The largest absolute Gasteiger partial charge is 0.488 e. The number of nitro groups is 1. The van der Waals surface area contributed by atoms with Crippen LogP contribution in [0.3, 0.4) is 0 Å². The van der Waals surface area contributed by atoms with Gasteiger partial charge in [-0.05, 0) is 66.4 Å². The third-order valence-electron chi connectivity index (χ3n) is 5.14. The number of hydrazone groups is 1. The lowest BCUT2D eigenvalue weighted by atomic mass is 10.1. The number of alkyl halides is 3. The van der Waals surface area contributed by atoms with Crippen LogP contribution >= 0.6 is 11.6 Å². The molecule has 0 heterocycles. The van der Waals surface area contributed by atoms with Crippen LogP contribution < -0.4 is 10.2 Å². The third kappa shape index (κ3) is 7.05. The topological polar surface area (TPSA) is 93.8 Å². The van der Waals surface area contributed by atoms with E-state index in [9.17, 15) is 28.1 Å². The molecule has 0 saturated heterocycles. The van der Waals surface area contributed by atoms with Crippen molar-refractivity contribution < 1.29 is 27.6 Å². The summed E-state index contributed by atoms with van der Waals surface area (Å²) in [5, 5.41) is 15.7. The van der Waals surface area contributed by atoms with Crippen molar-refractivity contribution in [2.24, 2.45) is 5.10 Å². The van der Waals surface area contributed by atoms with Gasteiger partial charge < -0.3 is 4.74 Å². The maximum absolute atomic E-state index is 12.8. The van der Waals surface area contributed by atoms with Crippen LogP contribution in [0.2, 0.25) is 5.02 Å². The summed E-state index contributed by atoms with van der Waals surface area (Å²) in [6.45, 7) is 4.09. The fourth-order valence-electron chi connectivity index (χ4n) is 3.47. The number of nitrogens with one attached hydrogen (secondary N) is 1. The molecule has 3 aromatic carbocycles. The van der Waals surface area contributed by atoms with E-state index in [0.29, 0.717) is 35.1 Å². The van der Waals surface area contributed by atoms with Crippen LogP contribution in [0.25, 0.3) is 0 Å². The Kier molecular flexibility index (Phi) is 8.31. The molecule has 0 unspecified atom stereocenters. The van der Waals surface area contributed by atoms with Gasteiger partial charge in [0.15, 0.2) is 0 Å². The molecule has 0 aliphatic heterocycles. The van der Waals surface area contributed by atoms with Crippen LogP contribution in [0.4, 0.5) is 18.9 Å². The van der Waals surface area contributed by atoms with Gasteiger partial charge in [-0.1, -0.05) is 29.8 Å². The minimum atomic E-state index is -4.73. The number of hydrogen-bond acceptors (Lipinski definition) is 5. The first-order valence-electron chi connectivity index (χ1n) is 10.6. The van der Waals surface area contributed by atoms with Crippen molar-refractivity contribution in [3.63, 3.8) is 0 Å². The standard InChI is InChI=1S/C25H21ClF3N3O4/c1-15-9-18(10-16(2)24(15)36-14-17-3-7-21(26)8-4-17)13-30-31-23(33)11-19-5-6-20(25(27,28)29)12-22(19)32(34)35/h3-10,12-13H,11,14H2,1-2H3,(H,31,33)/b30-13+. The summed E-state index contributed by atoms with van der Waals surface area (Å²) < 4.78 is 44.4. The van der Waals surface area contributed by atoms with Crippen LogP contribution in [0.1, 0.15) is 33.4 Å². The van der Waals surface area contributed by atoms with E-state index in [4.69, 9.17) is 16.3 Å². The molecule has 0 fully saturated rings. The number of hydrogen-bond donors (Lipinski definition) is 1. The molecule has 11 heteroatoms. The average molecular weight is 520 g/mol. The molecule has 0 spiro atoms. The molecule has 3 aromatic rings. The second-order valence-corrected chi connectivity index (χ2v) is 8.40. The summed E-state index contributed by atoms with van der Waals surface area (Å²) in [4.78, 5) is 22.4. The smallest absolute Gasteiger partial charge is 0.416 e. The Labute approximate surface area is 209 Å². The highest BCUT2D eigenvalue weighted by Gasteiger charge is 2.33. The molecule has 0 radical (unpaired) electrons. The number of carbonyl (C=O) groups is 1. The van der Waals surface area contributed by atoms with Gasteiger partial charge in [-0.3, -0.25) is 14.9 Å². The van der Waals surface area contributed by atoms with Gasteiger partial charge in [-0.15, -0.1) is 0 Å². The number of aryl methyl sites for hydroxylation is 2. The Morgan fingerprint density at radius 2 is 1.75 bits per heavy atom. The van der Waals surface area contributed by atoms with Gasteiger partial charge in [0.05, 0.1) is 23.1 Å². The molecule has 7 nitrogen and oxygen atoms in total. The Morgan fingerprint density at radius 3 is 2.33 bits per heavy atom. The Morgan fingerprint density at radius 1 is 1.11 bits per heavy atom. The van der Waals surface area contributed by atoms with Crippen molar-refractivity contribution in [2.45, 2.75) is 33.1 Å². The number of nitrogens with zero attached hydrogens (tertiary/aromatic N) is 2. The van der Waals surface area contributed by atoms with E-state index >= 15 is 0 Å². The Bertz CT molecular complexity index is 1290. The van der Waals surface area contributed by atoms with Crippen molar-refractivity contribution >= 4 is 29.4 Å². The number of halogens is 4. The van der Waals surface area contributed by atoms with Gasteiger partial charge in [0.2, 0.25) is 5.91 Å². The Hall–Kier alpha value is -3.92. The van der Waals surface area contributed by atoms with Crippen molar-refractivity contribution in [1.82, 2.24) is 5.43 Å². The van der Waals surface area contributed by atoms with Crippen molar-refractivity contribution in [3.8, 4) is 5.75 Å². The van der Waals surface area contributed by atoms with Gasteiger partial charge in [0.25, 0.3) is 5.69 Å². The minimum absolute atomic E-state index is 0.158. The molecule has 0 aliphatic carbocycles. The molecule has 1 N–H and O–H groups in total. The number of benzene rings is 3. The summed E-state index contributed by atoms with van der Waals surface area (Å²) in [6, 6.07) is 12.9. The summed E-state index contributed by atoms with van der Waals surface area (Å²) in [5.74, 6) is -0.00813. The fraction of sp³-hybridized carbons (Fsp3) is 0.200. The number of carbonyl (C=O) groups excluding carboxylic acids is 1. The van der Waals surface area contributed by atoms with Gasteiger partial charge in [-0.25, -0.2) is 5.43 Å². The predicted molar refractivity (Wildman–Crippen MR) is 129 cm³/mol. The highest BCUT2D eigenvalue weighted by molar-refractivity contribution is 6.30. The zero-order valence-electron chi connectivity index (χ0n) is 19.2. The zero-order valence-corrected chi connectivity index (χ0v) is 20.0. The molecule has 0 saturated carbocycles. The first-order valence-corrected chi connectivity index (χ1v) is 11.0. The number of rotatable bonds is 8. The molecule has 188 valence electrons. The predicted octanol–water partition coefficient (Wildman–Crippen LogP) is 6.16. The summed E-state index contributed by atoms with van der Waals surface area (Å²) >= 11 is 5.89. The SMILES string of the molecule is Cc1cc(/C=N/NC(=O)Cc2ccc(C(F)(F)F)cc2[N+](=O)[O-])cc(C)c1OCc1ccc(Cl)cc1. The molecule has 0 aromatic heterocycles. The maximum atomic E-state index is 12.8. The molecule has 0 aliphatic rings. The zero-order chi connectivity index (χ0) is 26.5. The third-order valence-corrected chi connectivity index (χ3v) is 5.39. The normalized spacial score (nSPS) is 11.5. The lowest BCUT2D eigenvalue weighted by molar-refractivity contribution is -0.385. The van der Waals surface area contributed by atoms with E-state index in [-0.39, 0.29) is 5.56 Å². The van der Waals surface area contributed by atoms with E-state index in [1.54, 1.807) is 24.3 Å². The van der Waals surface area contributed by atoms with E-state index in [1.165, 1.54) is 6.21 Å². The van der Waals surface area contributed by atoms with Gasteiger partial charge >= 0.3 is 6.18 Å². The highest BCUT2D eigenvalue weighted by Crippen LogP contribution is 2.33. The van der Waals surface area contributed by atoms with E-state index in [0.717, 1.165) is 22.8 Å². The molecule has 36 heavy (non-hydrogen) atoms. The average Bonchev–Trinajstić information content (AvgIpc) is 2.79. The summed E-state index contributed by atoms with van der Waals surface area (Å²) in [7, 11) is 0. The number of amides is 1. The van der Waals surface area contributed by atoms with Crippen LogP contribution in [0.15, 0.2) is 59.7 Å². The molecule has 3 rings (SSSR count). The molecule has 0 bridgehead atoms. The lowest BCUT2D eigenvalue weighted by Gasteiger charge is -2.13. The first kappa shape index (κ1) is 26.7. The van der Waals surface area contributed by atoms with Crippen LogP contribution in [0, 0.1) is 24.0 Å². The van der Waals surface area contributed by atoms with Crippen LogP contribution in [0.5, 0.6) is 5.75 Å². The molecular formula is C25H21ClF3N3O4. The van der Waals surface area contributed by atoms with Gasteiger partial charge in [0.1, 0.15) is 12.4 Å². The summed E-state index contributed by atoms with van der Waals surface area (Å²) in [6.07, 6.45) is -3.86. The molecule has 1 amide bonds. The fourth-order valence-corrected chi connectivity index (χ4v) is 3.60. The van der Waals surface area contributed by atoms with E-state index in [1.807, 2.05) is 26.0 Å². The van der Waals surface area contributed by atoms with E-state index in [2.05, 4.69) is 10.5 Å². The minimum Gasteiger partial charge on any atom is -0.488 e. The van der Waals surface area contributed by atoms with Crippen LogP contribution in [-0.4, -0.2) is 17.0 Å². The van der Waals surface area contributed by atoms with E-state index < -0.39 is 34.7 Å². The van der Waals surface area contributed by atoms with Crippen molar-refractivity contribution in [3.05, 3.63) is 103 Å². The Balaban J connectivity index is 1.63. The lowest BCUT2D eigenvalue weighted by Crippen LogP contribution is -2.20. The summed E-state index contributed by atoms with van der Waals surface area (Å²) in [5.41, 5.74) is 3.45. The second-order valence-electron chi connectivity index (χ2n) is 7.97. The second kappa shape index (κ2) is 11.2. The quantitative estimate of drug-likeness (QED) is 0.219. The number of nitro benzene ring substituents is 1. The van der Waals surface area contributed by atoms with Crippen molar-refractivity contribution in [2.75, 3.05) is 0 Å². The first-order chi connectivity index (χ1) is 16.9. The molecular weight excluding hydrogens is 499 g/mol. The maximum Gasteiger partial charge on any atom is 0.416 e. The van der Waals surface area contributed by atoms with Crippen molar-refractivity contribution in [1.29, 1.82) is 0 Å². The highest BCUT2D eigenvalue weighted by atomic mass is 35.5. The van der Waals surface area contributed by atoms with Gasteiger partial charge in [0, 0.05) is 16.7 Å². The van der Waals surface area contributed by atoms with Crippen LogP contribution in [-0.2, 0) is 24.0 Å². The van der Waals surface area contributed by atoms with Gasteiger partial charge in [-0.2, -0.15) is 18.3 Å². The molecule has 0 atom stereocenters.